The van der Waals surface area contributed by atoms with E-state index in [-0.39, 0.29) is 24.8 Å². The molecular weight excluding hydrogens is 250 g/mol. The molecule has 0 bridgehead atoms. The Labute approximate surface area is 112 Å². The van der Waals surface area contributed by atoms with Crippen LogP contribution in [-0.4, -0.2) is 28.0 Å². The SMILES string of the molecule is CCCn1nncc1C(NC)C1CCC(F)(F)CC1. The standard InChI is InChI=1S/C13H22F2N4/c1-3-8-19-11(9-17-18-19)12(16-2)10-4-6-13(14,15)7-5-10/h9-10,12,16H,3-8H2,1-2H3. The predicted molar refractivity (Wildman–Crippen MR) is 69.0 cm³/mol. The monoisotopic (exact) mass is 272 g/mol. The van der Waals surface area contributed by atoms with Crippen LogP contribution in [0.25, 0.3) is 0 Å². The van der Waals surface area contributed by atoms with Crippen LogP contribution in [0.4, 0.5) is 8.78 Å². The largest absolute Gasteiger partial charge is 0.311 e. The minimum Gasteiger partial charge on any atom is -0.311 e. The van der Waals surface area contributed by atoms with E-state index in [0.29, 0.717) is 12.8 Å². The lowest BCUT2D eigenvalue weighted by Gasteiger charge is -2.33. The quantitative estimate of drug-likeness (QED) is 0.896. The first-order valence-electron chi connectivity index (χ1n) is 7.01. The van der Waals surface area contributed by atoms with Crippen LogP contribution in [0.5, 0.6) is 0 Å². The summed E-state index contributed by atoms with van der Waals surface area (Å²) in [4.78, 5) is 0. The van der Waals surface area contributed by atoms with Crippen molar-refractivity contribution in [1.82, 2.24) is 20.3 Å². The molecule has 0 saturated heterocycles. The lowest BCUT2D eigenvalue weighted by Crippen LogP contribution is -2.33. The molecule has 4 nitrogen and oxygen atoms in total. The highest BCUT2D eigenvalue weighted by Gasteiger charge is 2.38. The van der Waals surface area contributed by atoms with Gasteiger partial charge in [-0.1, -0.05) is 12.1 Å². The minimum atomic E-state index is -2.48. The lowest BCUT2D eigenvalue weighted by molar-refractivity contribution is -0.0498. The van der Waals surface area contributed by atoms with Crippen molar-refractivity contribution in [3.63, 3.8) is 0 Å². The summed E-state index contributed by atoms with van der Waals surface area (Å²) >= 11 is 0. The van der Waals surface area contributed by atoms with Gasteiger partial charge in [0.15, 0.2) is 0 Å². The third kappa shape index (κ3) is 3.29. The molecule has 1 saturated carbocycles. The zero-order chi connectivity index (χ0) is 13.9. The molecule has 0 spiro atoms. The van der Waals surface area contributed by atoms with Crippen LogP contribution < -0.4 is 5.32 Å². The third-order valence-electron chi connectivity index (χ3n) is 3.95. The third-order valence-corrected chi connectivity index (χ3v) is 3.95. The van der Waals surface area contributed by atoms with Gasteiger partial charge in [-0.15, -0.1) is 5.10 Å². The second-order valence-electron chi connectivity index (χ2n) is 5.34. The molecule has 2 rings (SSSR count). The molecule has 0 radical (unpaired) electrons. The van der Waals surface area contributed by atoms with Crippen LogP contribution in [0.15, 0.2) is 6.20 Å². The van der Waals surface area contributed by atoms with Gasteiger partial charge in [0, 0.05) is 19.4 Å². The number of hydrogen-bond donors (Lipinski definition) is 1. The highest BCUT2D eigenvalue weighted by molar-refractivity contribution is 5.05. The molecule has 1 fully saturated rings. The van der Waals surface area contributed by atoms with Gasteiger partial charge < -0.3 is 5.32 Å². The smallest absolute Gasteiger partial charge is 0.248 e. The zero-order valence-electron chi connectivity index (χ0n) is 11.6. The molecule has 1 aliphatic rings. The highest BCUT2D eigenvalue weighted by atomic mass is 19.3. The Balaban J connectivity index is 2.09. The van der Waals surface area contributed by atoms with Gasteiger partial charge in [-0.05, 0) is 32.2 Å². The van der Waals surface area contributed by atoms with Gasteiger partial charge in [0.1, 0.15) is 0 Å². The number of halogens is 2. The molecule has 1 N–H and O–H groups in total. The average Bonchev–Trinajstić information content (AvgIpc) is 2.81. The van der Waals surface area contributed by atoms with Crippen LogP contribution in [0.2, 0.25) is 0 Å². The topological polar surface area (TPSA) is 42.7 Å². The number of aryl methyl sites for hydroxylation is 1. The van der Waals surface area contributed by atoms with Crippen molar-refractivity contribution < 1.29 is 8.78 Å². The summed E-state index contributed by atoms with van der Waals surface area (Å²) < 4.78 is 28.4. The Morgan fingerprint density at radius 2 is 2.16 bits per heavy atom. The second kappa shape index (κ2) is 5.94. The molecule has 0 amide bonds. The highest BCUT2D eigenvalue weighted by Crippen LogP contribution is 2.41. The number of nitrogens with one attached hydrogen (secondary N) is 1. The maximum atomic E-state index is 13.2. The fourth-order valence-electron chi connectivity index (χ4n) is 2.91. The summed E-state index contributed by atoms with van der Waals surface area (Å²) in [7, 11) is 1.88. The molecule has 0 aromatic carbocycles. The first-order valence-corrected chi connectivity index (χ1v) is 7.01. The summed E-state index contributed by atoms with van der Waals surface area (Å²) in [5, 5.41) is 11.3. The predicted octanol–water partition coefficient (Wildman–Crippen LogP) is 2.77. The molecule has 108 valence electrons. The molecule has 1 unspecified atom stereocenters. The van der Waals surface area contributed by atoms with E-state index in [0.717, 1.165) is 18.7 Å². The van der Waals surface area contributed by atoms with Gasteiger partial charge in [0.25, 0.3) is 0 Å². The van der Waals surface area contributed by atoms with Crippen molar-refractivity contribution in [2.75, 3.05) is 7.05 Å². The normalized spacial score (nSPS) is 21.5. The maximum Gasteiger partial charge on any atom is 0.248 e. The van der Waals surface area contributed by atoms with E-state index in [9.17, 15) is 8.78 Å². The van der Waals surface area contributed by atoms with Gasteiger partial charge >= 0.3 is 0 Å². The lowest BCUT2D eigenvalue weighted by atomic mass is 9.81. The number of nitrogens with zero attached hydrogens (tertiary/aromatic N) is 3. The second-order valence-corrected chi connectivity index (χ2v) is 5.34. The van der Waals surface area contributed by atoms with Crippen molar-refractivity contribution in [3.05, 3.63) is 11.9 Å². The minimum absolute atomic E-state index is 0.00874. The van der Waals surface area contributed by atoms with Gasteiger partial charge in [-0.3, -0.25) is 0 Å². The Hall–Kier alpha value is -1.04. The van der Waals surface area contributed by atoms with Crippen LogP contribution in [0, 0.1) is 5.92 Å². The van der Waals surface area contributed by atoms with Crippen LogP contribution in [0.1, 0.15) is 50.8 Å². The van der Waals surface area contributed by atoms with Gasteiger partial charge in [0.05, 0.1) is 17.9 Å². The summed E-state index contributed by atoms with van der Waals surface area (Å²) in [6.07, 6.45) is 3.82. The van der Waals surface area contributed by atoms with Crippen LogP contribution in [0.3, 0.4) is 0 Å². The maximum absolute atomic E-state index is 13.2. The van der Waals surface area contributed by atoms with Crippen molar-refractivity contribution in [2.45, 2.75) is 57.5 Å². The van der Waals surface area contributed by atoms with Crippen molar-refractivity contribution in [1.29, 1.82) is 0 Å². The van der Waals surface area contributed by atoms with E-state index in [4.69, 9.17) is 0 Å². The van der Waals surface area contributed by atoms with Gasteiger partial charge in [-0.25, -0.2) is 13.5 Å². The Kier molecular flexibility index (Phi) is 4.50. The summed E-state index contributed by atoms with van der Waals surface area (Å²) in [5.74, 6) is -2.24. The zero-order valence-corrected chi connectivity index (χ0v) is 11.6. The van der Waals surface area contributed by atoms with Crippen molar-refractivity contribution >= 4 is 0 Å². The van der Waals surface area contributed by atoms with Crippen LogP contribution in [-0.2, 0) is 6.54 Å². The first-order chi connectivity index (χ1) is 9.07. The molecular formula is C13H22F2N4. The Bertz CT molecular complexity index is 395. The van der Waals surface area contributed by atoms with E-state index in [1.54, 1.807) is 6.20 Å². The first kappa shape index (κ1) is 14.4. The molecule has 1 aromatic rings. The van der Waals surface area contributed by atoms with E-state index < -0.39 is 5.92 Å². The number of hydrogen-bond acceptors (Lipinski definition) is 3. The van der Waals surface area contributed by atoms with E-state index in [1.807, 2.05) is 11.7 Å². The molecule has 1 aliphatic carbocycles. The Morgan fingerprint density at radius 1 is 1.47 bits per heavy atom. The molecule has 6 heteroatoms. The number of rotatable bonds is 5. The van der Waals surface area contributed by atoms with E-state index in [2.05, 4.69) is 22.6 Å². The van der Waals surface area contributed by atoms with Gasteiger partial charge in [0.2, 0.25) is 5.92 Å². The van der Waals surface area contributed by atoms with E-state index >= 15 is 0 Å². The summed E-state index contributed by atoms with van der Waals surface area (Å²) in [6.45, 7) is 2.90. The number of alkyl halides is 2. The van der Waals surface area contributed by atoms with Crippen LogP contribution >= 0.6 is 0 Å². The molecule has 1 aromatic heterocycles. The molecule has 19 heavy (non-hydrogen) atoms. The fourth-order valence-corrected chi connectivity index (χ4v) is 2.91. The van der Waals surface area contributed by atoms with Crippen molar-refractivity contribution in [3.8, 4) is 0 Å². The van der Waals surface area contributed by atoms with Crippen molar-refractivity contribution in [2.24, 2.45) is 5.92 Å². The Morgan fingerprint density at radius 3 is 2.74 bits per heavy atom. The van der Waals surface area contributed by atoms with Gasteiger partial charge in [-0.2, -0.15) is 0 Å². The molecule has 1 atom stereocenters. The summed E-state index contributed by atoms with van der Waals surface area (Å²) in [5.41, 5.74) is 1.01. The fraction of sp³-hybridized carbons (Fsp3) is 0.846. The van der Waals surface area contributed by atoms with E-state index in [1.165, 1.54) is 0 Å². The number of aromatic nitrogens is 3. The molecule has 0 aliphatic heterocycles. The molecule has 1 heterocycles. The average molecular weight is 272 g/mol. The summed E-state index contributed by atoms with van der Waals surface area (Å²) in [6, 6.07) is 0.0673.